The predicted molar refractivity (Wildman–Crippen MR) is 76.7 cm³/mol. The van der Waals surface area contributed by atoms with Crippen molar-refractivity contribution >= 4 is 15.9 Å². The van der Waals surface area contributed by atoms with E-state index in [0.29, 0.717) is 6.54 Å². The highest BCUT2D eigenvalue weighted by molar-refractivity contribution is 7.89. The van der Waals surface area contributed by atoms with E-state index in [1.807, 2.05) is 0 Å². The molecule has 1 saturated carbocycles. The summed E-state index contributed by atoms with van der Waals surface area (Å²) in [5.41, 5.74) is -0.00350. The van der Waals surface area contributed by atoms with Crippen LogP contribution >= 0.6 is 0 Å². The van der Waals surface area contributed by atoms with Crippen molar-refractivity contribution < 1.29 is 17.6 Å². The number of benzene rings is 1. The minimum Gasteiger partial charge on any atom is -0.351 e. The van der Waals surface area contributed by atoms with E-state index in [-0.39, 0.29) is 15.9 Å². The molecule has 0 aliphatic heterocycles. The van der Waals surface area contributed by atoms with Gasteiger partial charge in [-0.1, -0.05) is 13.3 Å². The van der Waals surface area contributed by atoms with Crippen LogP contribution in [-0.2, 0) is 10.0 Å². The lowest BCUT2D eigenvalue weighted by Crippen LogP contribution is -2.31. The molecule has 21 heavy (non-hydrogen) atoms. The van der Waals surface area contributed by atoms with Crippen molar-refractivity contribution in [1.82, 2.24) is 5.32 Å². The van der Waals surface area contributed by atoms with E-state index >= 15 is 0 Å². The molecular formula is C14H19FN2O3S. The number of halogens is 1. The summed E-state index contributed by atoms with van der Waals surface area (Å²) in [5.74, 6) is -1.42. The first-order valence-electron chi connectivity index (χ1n) is 6.88. The fraction of sp³-hybridized carbons (Fsp3) is 0.500. The summed E-state index contributed by atoms with van der Waals surface area (Å²) in [6.07, 6.45) is 4.25. The first-order chi connectivity index (χ1) is 9.77. The maximum Gasteiger partial charge on any atom is 0.254 e. The van der Waals surface area contributed by atoms with Gasteiger partial charge in [-0.2, -0.15) is 0 Å². The second-order valence-corrected chi connectivity index (χ2v) is 7.18. The third-order valence-corrected chi connectivity index (χ3v) is 4.79. The van der Waals surface area contributed by atoms with Gasteiger partial charge < -0.3 is 5.32 Å². The lowest BCUT2D eigenvalue weighted by Gasteiger charge is -2.15. The molecule has 0 heterocycles. The van der Waals surface area contributed by atoms with Crippen molar-refractivity contribution in [1.29, 1.82) is 0 Å². The number of hydrogen-bond acceptors (Lipinski definition) is 3. The number of nitrogens with two attached hydrogens (primary N) is 1. The quantitative estimate of drug-likeness (QED) is 0.839. The molecule has 0 spiro atoms. The third-order valence-electron chi connectivity index (χ3n) is 3.88. The molecule has 1 aromatic rings. The number of primary sulfonamides is 1. The van der Waals surface area contributed by atoms with Crippen molar-refractivity contribution in [2.45, 2.75) is 37.5 Å². The van der Waals surface area contributed by atoms with Crippen molar-refractivity contribution in [3.8, 4) is 0 Å². The minimum atomic E-state index is -3.97. The fourth-order valence-corrected chi connectivity index (χ4v) is 2.97. The molecule has 0 aromatic heterocycles. The van der Waals surface area contributed by atoms with Gasteiger partial charge in [-0.25, -0.2) is 17.9 Å². The molecule has 5 nitrogen and oxygen atoms in total. The van der Waals surface area contributed by atoms with Crippen LogP contribution in [0.2, 0.25) is 0 Å². The minimum absolute atomic E-state index is 0.168. The number of nitrogens with one attached hydrogen (secondary N) is 1. The van der Waals surface area contributed by atoms with E-state index in [0.717, 1.165) is 43.9 Å². The molecule has 1 amide bonds. The van der Waals surface area contributed by atoms with E-state index < -0.39 is 21.7 Å². The molecule has 0 bridgehead atoms. The Labute approximate surface area is 123 Å². The third kappa shape index (κ3) is 3.79. The van der Waals surface area contributed by atoms with Crippen molar-refractivity contribution in [3.05, 3.63) is 29.6 Å². The van der Waals surface area contributed by atoms with E-state index in [2.05, 4.69) is 12.2 Å². The van der Waals surface area contributed by atoms with Crippen LogP contribution in [0.3, 0.4) is 0 Å². The molecule has 1 aliphatic rings. The monoisotopic (exact) mass is 314 g/mol. The Morgan fingerprint density at radius 2 is 2.10 bits per heavy atom. The van der Waals surface area contributed by atoms with Gasteiger partial charge in [-0.15, -0.1) is 0 Å². The number of hydrogen-bond donors (Lipinski definition) is 2. The average molecular weight is 314 g/mol. The standard InChI is InChI=1S/C14H19FN2O3S/c1-2-5-14(6-7-14)9-17-13(18)11-4-3-10(8-12(11)15)21(16,19)20/h3-4,8H,2,5-7,9H2,1H3,(H,17,18)(H2,16,19,20). The van der Waals surface area contributed by atoms with Crippen LogP contribution in [0.25, 0.3) is 0 Å². The largest absolute Gasteiger partial charge is 0.351 e. The molecule has 7 heteroatoms. The molecule has 3 N–H and O–H groups in total. The van der Waals surface area contributed by atoms with Crippen LogP contribution in [0.15, 0.2) is 23.1 Å². The summed E-state index contributed by atoms with van der Waals surface area (Å²) in [7, 11) is -3.97. The lowest BCUT2D eigenvalue weighted by molar-refractivity contribution is 0.0939. The summed E-state index contributed by atoms with van der Waals surface area (Å²) in [5, 5.41) is 7.64. The number of carbonyl (C=O) groups excluding carboxylic acids is 1. The highest BCUT2D eigenvalue weighted by Gasteiger charge is 2.41. The highest BCUT2D eigenvalue weighted by atomic mass is 32.2. The van der Waals surface area contributed by atoms with Gasteiger partial charge in [0.1, 0.15) is 5.82 Å². The molecule has 2 rings (SSSR count). The summed E-state index contributed by atoms with van der Waals surface area (Å²) < 4.78 is 36.1. The first-order valence-corrected chi connectivity index (χ1v) is 8.43. The van der Waals surface area contributed by atoms with Gasteiger partial charge in [0.2, 0.25) is 10.0 Å². The van der Waals surface area contributed by atoms with Gasteiger partial charge in [0.05, 0.1) is 10.5 Å². The van der Waals surface area contributed by atoms with Gasteiger partial charge >= 0.3 is 0 Å². The van der Waals surface area contributed by atoms with Gasteiger partial charge in [0, 0.05) is 6.54 Å². The van der Waals surface area contributed by atoms with E-state index in [4.69, 9.17) is 5.14 Å². The van der Waals surface area contributed by atoms with Crippen molar-refractivity contribution in [2.75, 3.05) is 6.54 Å². The number of carbonyl (C=O) groups is 1. The van der Waals surface area contributed by atoms with Crippen LogP contribution in [0.5, 0.6) is 0 Å². The number of sulfonamides is 1. The van der Waals surface area contributed by atoms with E-state index in [1.165, 1.54) is 0 Å². The molecular weight excluding hydrogens is 295 g/mol. The summed E-state index contributed by atoms with van der Waals surface area (Å²) in [6.45, 7) is 2.61. The Bertz CT molecular complexity index is 654. The van der Waals surface area contributed by atoms with Gasteiger partial charge in [-0.3, -0.25) is 4.79 Å². The second-order valence-electron chi connectivity index (χ2n) is 5.62. The predicted octanol–water partition coefficient (Wildman–Crippen LogP) is 1.78. The average Bonchev–Trinajstić information content (AvgIpc) is 3.15. The normalized spacial score (nSPS) is 16.5. The lowest BCUT2D eigenvalue weighted by atomic mass is 10.0. The zero-order valence-corrected chi connectivity index (χ0v) is 12.7. The van der Waals surface area contributed by atoms with Gasteiger partial charge in [0.25, 0.3) is 5.91 Å². The zero-order chi connectivity index (χ0) is 15.7. The molecule has 0 atom stereocenters. The smallest absolute Gasteiger partial charge is 0.254 e. The summed E-state index contributed by atoms with van der Waals surface area (Å²) >= 11 is 0. The fourth-order valence-electron chi connectivity index (χ4n) is 2.44. The summed E-state index contributed by atoms with van der Waals surface area (Å²) in [6, 6.07) is 3.04. The number of rotatable bonds is 6. The maximum atomic E-state index is 13.8. The SMILES string of the molecule is CCCC1(CNC(=O)c2ccc(S(N)(=O)=O)cc2F)CC1. The molecule has 0 unspecified atom stereocenters. The van der Waals surface area contributed by atoms with Crippen LogP contribution in [-0.4, -0.2) is 20.9 Å². The van der Waals surface area contributed by atoms with E-state index in [1.54, 1.807) is 0 Å². The van der Waals surface area contributed by atoms with Gasteiger partial charge in [0.15, 0.2) is 0 Å². The maximum absolute atomic E-state index is 13.8. The molecule has 1 fully saturated rings. The number of amides is 1. The Hall–Kier alpha value is -1.47. The first kappa shape index (κ1) is 15.9. The Morgan fingerprint density at radius 1 is 1.43 bits per heavy atom. The highest BCUT2D eigenvalue weighted by Crippen LogP contribution is 2.48. The Balaban J connectivity index is 2.06. The van der Waals surface area contributed by atoms with Gasteiger partial charge in [-0.05, 0) is 42.9 Å². The van der Waals surface area contributed by atoms with Crippen LogP contribution < -0.4 is 10.5 Å². The van der Waals surface area contributed by atoms with Crippen molar-refractivity contribution in [2.24, 2.45) is 10.6 Å². The molecule has 1 aromatic carbocycles. The molecule has 116 valence electrons. The van der Waals surface area contributed by atoms with E-state index in [9.17, 15) is 17.6 Å². The summed E-state index contributed by atoms with van der Waals surface area (Å²) in [4.78, 5) is 11.6. The molecule has 0 radical (unpaired) electrons. The van der Waals surface area contributed by atoms with Crippen LogP contribution in [0.4, 0.5) is 4.39 Å². The molecule has 0 saturated heterocycles. The second kappa shape index (κ2) is 5.73. The Morgan fingerprint density at radius 3 is 2.57 bits per heavy atom. The van der Waals surface area contributed by atoms with Crippen molar-refractivity contribution in [3.63, 3.8) is 0 Å². The topological polar surface area (TPSA) is 89.3 Å². The zero-order valence-electron chi connectivity index (χ0n) is 11.9. The Kier molecular flexibility index (Phi) is 4.34. The van der Waals surface area contributed by atoms with Crippen LogP contribution in [0, 0.1) is 11.2 Å². The van der Waals surface area contributed by atoms with Crippen LogP contribution in [0.1, 0.15) is 43.0 Å². The molecule has 1 aliphatic carbocycles.